The number of carbonyl (C=O) groups excluding carboxylic acids is 2. The molecule has 43 heavy (non-hydrogen) atoms. The van der Waals surface area contributed by atoms with Gasteiger partial charge >= 0.3 is 13.1 Å². The molecule has 9 heteroatoms. The van der Waals surface area contributed by atoms with E-state index in [1.807, 2.05) is 31.2 Å². The van der Waals surface area contributed by atoms with E-state index in [-0.39, 0.29) is 35.0 Å². The third-order valence-corrected chi connectivity index (χ3v) is 12.1. The number of ketones is 1. The fraction of sp³-hybridized carbons (Fsp3) is 0.706. The van der Waals surface area contributed by atoms with Crippen molar-refractivity contribution in [2.75, 3.05) is 25.0 Å². The Morgan fingerprint density at radius 2 is 1.95 bits per heavy atom. The third kappa shape index (κ3) is 5.83. The molecule has 7 atom stereocenters. The standard InChI is InChI=1S/C34H51BN2O6/c1-7-31(5)19-28(32(6)21-33(12-10-22(32)2,13-11-23(3)38)24(4)30(31)40)42-29(39)20-37-25-8-9-26-27(18-25)35(41)43-34(26)14-16-36-17-15-34/h7-9,18,22,24,28,30,36-37,40-41H,1,10-17,19-21H2,2-6H3/t22-,24+,28-,30+,31-,32+,33-/m1/s1. The van der Waals surface area contributed by atoms with Crippen molar-refractivity contribution >= 4 is 30.0 Å². The minimum Gasteiger partial charge on any atom is -0.460 e. The summed E-state index contributed by atoms with van der Waals surface area (Å²) in [7, 11) is -0.988. The van der Waals surface area contributed by atoms with Crippen LogP contribution in [0, 0.1) is 28.1 Å². The van der Waals surface area contributed by atoms with Crippen molar-refractivity contribution in [3.8, 4) is 0 Å². The maximum Gasteiger partial charge on any atom is 0.492 e. The maximum atomic E-state index is 13.5. The number of carbonyl (C=O) groups is 2. The van der Waals surface area contributed by atoms with Gasteiger partial charge in [-0.15, -0.1) is 6.58 Å². The molecule has 2 aliphatic carbocycles. The topological polar surface area (TPSA) is 117 Å². The van der Waals surface area contributed by atoms with Gasteiger partial charge in [-0.05, 0) is 105 Å². The number of piperidine rings is 1. The van der Waals surface area contributed by atoms with E-state index in [2.05, 4.69) is 38.0 Å². The second-order valence-electron chi connectivity index (χ2n) is 14.7. The number of ether oxygens (including phenoxy) is 1. The van der Waals surface area contributed by atoms with Gasteiger partial charge in [-0.25, -0.2) is 0 Å². The summed E-state index contributed by atoms with van der Waals surface area (Å²) < 4.78 is 12.4. The van der Waals surface area contributed by atoms with Crippen LogP contribution < -0.4 is 16.1 Å². The molecule has 0 amide bonds. The minimum absolute atomic E-state index is 0.0228. The van der Waals surface area contributed by atoms with Crippen LogP contribution in [0.4, 0.5) is 5.69 Å². The molecule has 8 nitrogen and oxygen atoms in total. The molecule has 0 unspecified atom stereocenters. The van der Waals surface area contributed by atoms with Gasteiger partial charge in [0.2, 0.25) is 0 Å². The van der Waals surface area contributed by atoms with E-state index in [0.717, 1.165) is 68.3 Å². The number of nitrogens with one attached hydrogen (secondary N) is 2. The Hall–Kier alpha value is -2.20. The zero-order chi connectivity index (χ0) is 31.2. The van der Waals surface area contributed by atoms with Crippen LogP contribution in [0.3, 0.4) is 0 Å². The molecule has 5 rings (SSSR count). The normalized spacial score (nSPS) is 36.8. The Kier molecular flexibility index (Phi) is 8.95. The lowest BCUT2D eigenvalue weighted by molar-refractivity contribution is -0.187. The van der Waals surface area contributed by atoms with Crippen LogP contribution in [-0.4, -0.2) is 60.8 Å². The van der Waals surface area contributed by atoms with Gasteiger partial charge in [0.1, 0.15) is 18.4 Å². The molecular formula is C34H51BN2O6. The number of benzene rings is 1. The Bertz CT molecular complexity index is 1240. The predicted molar refractivity (Wildman–Crippen MR) is 169 cm³/mol. The van der Waals surface area contributed by atoms with E-state index in [9.17, 15) is 19.7 Å². The molecule has 1 saturated heterocycles. The lowest BCUT2D eigenvalue weighted by atomic mass is 9.47. The lowest BCUT2D eigenvalue weighted by Crippen LogP contribution is -2.58. The highest BCUT2D eigenvalue weighted by Gasteiger charge is 2.59. The lowest BCUT2D eigenvalue weighted by Gasteiger charge is -2.60. The van der Waals surface area contributed by atoms with E-state index in [0.29, 0.717) is 18.8 Å². The molecule has 4 N–H and O–H groups in total. The Morgan fingerprint density at radius 1 is 1.23 bits per heavy atom. The van der Waals surface area contributed by atoms with E-state index in [4.69, 9.17) is 9.39 Å². The first-order valence-electron chi connectivity index (χ1n) is 16.2. The van der Waals surface area contributed by atoms with Gasteiger partial charge in [-0.2, -0.15) is 0 Å². The van der Waals surface area contributed by atoms with Gasteiger partial charge in [-0.3, -0.25) is 4.79 Å². The second-order valence-corrected chi connectivity index (χ2v) is 14.7. The first-order valence-corrected chi connectivity index (χ1v) is 16.2. The number of hydrogen-bond donors (Lipinski definition) is 4. The zero-order valence-electron chi connectivity index (χ0n) is 26.7. The molecule has 1 aromatic carbocycles. The largest absolute Gasteiger partial charge is 0.492 e. The first kappa shape index (κ1) is 32.2. The van der Waals surface area contributed by atoms with Crippen molar-refractivity contribution in [3.63, 3.8) is 0 Å². The summed E-state index contributed by atoms with van der Waals surface area (Å²) in [4.78, 5) is 25.6. The Morgan fingerprint density at radius 3 is 2.63 bits per heavy atom. The molecule has 2 heterocycles. The number of fused-ring (bicyclic) bond motifs is 4. The number of esters is 1. The van der Waals surface area contributed by atoms with Crippen molar-refractivity contribution in [3.05, 3.63) is 36.4 Å². The summed E-state index contributed by atoms with van der Waals surface area (Å²) in [6, 6.07) is 5.82. The maximum absolute atomic E-state index is 13.5. The summed E-state index contributed by atoms with van der Waals surface area (Å²) in [5.41, 5.74) is 0.840. The van der Waals surface area contributed by atoms with Crippen LogP contribution in [0.15, 0.2) is 30.9 Å². The average molecular weight is 595 g/mol. The molecule has 4 aliphatic rings. The summed E-state index contributed by atoms with van der Waals surface area (Å²) in [6.07, 6.45) is 6.74. The Labute approximate surface area is 257 Å². The highest BCUT2D eigenvalue weighted by molar-refractivity contribution is 6.62. The van der Waals surface area contributed by atoms with Crippen molar-refractivity contribution in [1.29, 1.82) is 0 Å². The number of aliphatic hydroxyl groups excluding tert-OH is 1. The number of Topliss-reactive ketones (excluding diaryl/α,β-unsaturated/α-hetero) is 1. The van der Waals surface area contributed by atoms with Gasteiger partial charge in [0.05, 0.1) is 11.7 Å². The minimum atomic E-state index is -0.988. The molecule has 1 aromatic rings. The molecule has 2 bridgehead atoms. The van der Waals surface area contributed by atoms with Crippen molar-refractivity contribution in [2.24, 2.45) is 28.1 Å². The van der Waals surface area contributed by atoms with Gasteiger partial charge in [0, 0.05) is 22.9 Å². The molecule has 2 aliphatic heterocycles. The Balaban J connectivity index is 1.35. The second kappa shape index (κ2) is 12.0. The van der Waals surface area contributed by atoms with E-state index >= 15 is 0 Å². The van der Waals surface area contributed by atoms with Gasteiger partial charge in [-0.1, -0.05) is 39.8 Å². The van der Waals surface area contributed by atoms with Crippen molar-refractivity contribution < 1.29 is 29.1 Å². The van der Waals surface area contributed by atoms with E-state index in [1.54, 1.807) is 6.92 Å². The van der Waals surface area contributed by atoms with Crippen molar-refractivity contribution in [1.82, 2.24) is 5.32 Å². The molecule has 1 spiro atoms. The highest BCUT2D eigenvalue weighted by Crippen LogP contribution is 2.62. The average Bonchev–Trinajstić information content (AvgIpc) is 3.25. The number of aliphatic hydroxyl groups is 1. The first-order chi connectivity index (χ1) is 20.3. The third-order valence-electron chi connectivity index (χ3n) is 12.1. The quantitative estimate of drug-likeness (QED) is 0.202. The summed E-state index contributed by atoms with van der Waals surface area (Å²) in [5.74, 6) is 0.0828. The fourth-order valence-corrected chi connectivity index (χ4v) is 8.81. The zero-order valence-corrected chi connectivity index (χ0v) is 26.7. The molecular weight excluding hydrogens is 543 g/mol. The van der Waals surface area contributed by atoms with Crippen LogP contribution in [0.25, 0.3) is 0 Å². The van der Waals surface area contributed by atoms with Crippen LogP contribution in [0.2, 0.25) is 0 Å². The molecule has 0 aromatic heterocycles. The van der Waals surface area contributed by atoms with Gasteiger partial charge in [0.25, 0.3) is 0 Å². The van der Waals surface area contributed by atoms with Crippen LogP contribution in [0.1, 0.15) is 91.5 Å². The van der Waals surface area contributed by atoms with Crippen LogP contribution in [-0.2, 0) is 24.6 Å². The molecule has 236 valence electrons. The number of hydrogen-bond acceptors (Lipinski definition) is 8. The highest BCUT2D eigenvalue weighted by atomic mass is 16.5. The SMILES string of the molecule is C=C[C@]1(C)C[C@@H](OC(=O)CNc2ccc3c(c2)B(O)OC32CCNCC2)[C@@]2(C)C[C@](CCC(C)=O)(CC[C@H]2C)[C@@H](C)[C@@H]1O. The van der Waals surface area contributed by atoms with Crippen molar-refractivity contribution in [2.45, 2.75) is 104 Å². The summed E-state index contributed by atoms with van der Waals surface area (Å²) in [6.45, 7) is 16.0. The summed E-state index contributed by atoms with van der Waals surface area (Å²) in [5, 5.41) is 29.0. The summed E-state index contributed by atoms with van der Waals surface area (Å²) >= 11 is 0. The van der Waals surface area contributed by atoms with Crippen LogP contribution in [0.5, 0.6) is 0 Å². The fourth-order valence-electron chi connectivity index (χ4n) is 8.81. The van der Waals surface area contributed by atoms with Gasteiger partial charge < -0.3 is 34.9 Å². The molecule has 0 radical (unpaired) electrons. The van der Waals surface area contributed by atoms with E-state index < -0.39 is 30.3 Å². The van der Waals surface area contributed by atoms with Crippen LogP contribution >= 0.6 is 0 Å². The van der Waals surface area contributed by atoms with E-state index in [1.165, 1.54) is 0 Å². The number of rotatable bonds is 8. The smallest absolute Gasteiger partial charge is 0.460 e. The molecule has 3 fully saturated rings. The number of anilines is 1. The predicted octanol–water partition coefficient (Wildman–Crippen LogP) is 4.08. The monoisotopic (exact) mass is 594 g/mol. The van der Waals surface area contributed by atoms with Gasteiger partial charge in [0.15, 0.2) is 0 Å². The molecule has 2 saturated carbocycles.